The average molecular weight is 246 g/mol. The maximum absolute atomic E-state index is 12.1. The highest BCUT2D eigenvalue weighted by atomic mass is 16.1. The fraction of sp³-hybridized carbons (Fsp3) is 0.533. The van der Waals surface area contributed by atoms with Crippen molar-refractivity contribution in [3.8, 4) is 0 Å². The number of hydrogen-bond donors (Lipinski definition) is 2. The van der Waals surface area contributed by atoms with Crippen LogP contribution in [-0.4, -0.2) is 11.9 Å². The summed E-state index contributed by atoms with van der Waals surface area (Å²) in [7, 11) is 0. The number of hydrogen-bond acceptors (Lipinski definition) is 2. The molecule has 18 heavy (non-hydrogen) atoms. The average Bonchev–Trinajstić information content (AvgIpc) is 2.40. The van der Waals surface area contributed by atoms with Gasteiger partial charge in [0.15, 0.2) is 0 Å². The van der Waals surface area contributed by atoms with Crippen molar-refractivity contribution in [3.63, 3.8) is 0 Å². The maximum atomic E-state index is 12.1. The van der Waals surface area contributed by atoms with Crippen LogP contribution in [0.3, 0.4) is 0 Å². The SMILES string of the molecule is C[C@H](NC(=O)C1CCC(N)CC1)c1ccccc1. The van der Waals surface area contributed by atoms with Crippen molar-refractivity contribution in [2.24, 2.45) is 11.7 Å². The maximum Gasteiger partial charge on any atom is 0.223 e. The predicted molar refractivity (Wildman–Crippen MR) is 72.9 cm³/mol. The first-order valence-electron chi connectivity index (χ1n) is 6.77. The van der Waals surface area contributed by atoms with Crippen LogP contribution >= 0.6 is 0 Å². The van der Waals surface area contributed by atoms with Crippen molar-refractivity contribution < 1.29 is 4.79 Å². The van der Waals surface area contributed by atoms with Gasteiger partial charge in [-0.3, -0.25) is 4.79 Å². The summed E-state index contributed by atoms with van der Waals surface area (Å²) in [6, 6.07) is 10.4. The first-order valence-corrected chi connectivity index (χ1v) is 6.77. The Balaban J connectivity index is 1.87. The normalized spacial score (nSPS) is 25.4. The molecule has 3 N–H and O–H groups in total. The zero-order valence-corrected chi connectivity index (χ0v) is 10.9. The summed E-state index contributed by atoms with van der Waals surface area (Å²) in [5.74, 6) is 0.328. The highest BCUT2D eigenvalue weighted by molar-refractivity contribution is 5.79. The standard InChI is InChI=1S/C15H22N2O/c1-11(12-5-3-2-4-6-12)17-15(18)13-7-9-14(16)10-8-13/h2-6,11,13-14H,7-10,16H2,1H3,(H,17,18)/t11-,13?,14?/m0/s1. The minimum Gasteiger partial charge on any atom is -0.349 e. The van der Waals surface area contributed by atoms with Crippen molar-refractivity contribution in [2.75, 3.05) is 0 Å². The monoisotopic (exact) mass is 246 g/mol. The minimum absolute atomic E-state index is 0.0781. The van der Waals surface area contributed by atoms with E-state index in [4.69, 9.17) is 5.73 Å². The van der Waals surface area contributed by atoms with Gasteiger partial charge >= 0.3 is 0 Å². The molecule has 0 bridgehead atoms. The molecule has 3 nitrogen and oxygen atoms in total. The van der Waals surface area contributed by atoms with Crippen molar-refractivity contribution in [2.45, 2.75) is 44.7 Å². The Bertz CT molecular complexity index is 383. The largest absolute Gasteiger partial charge is 0.349 e. The van der Waals surface area contributed by atoms with E-state index in [0.717, 1.165) is 31.2 Å². The van der Waals surface area contributed by atoms with E-state index in [1.54, 1.807) is 0 Å². The third kappa shape index (κ3) is 3.33. The van der Waals surface area contributed by atoms with Crippen molar-refractivity contribution in [1.82, 2.24) is 5.32 Å². The number of carbonyl (C=O) groups is 1. The number of nitrogens with two attached hydrogens (primary N) is 1. The Morgan fingerprint density at radius 3 is 2.44 bits per heavy atom. The van der Waals surface area contributed by atoms with E-state index in [2.05, 4.69) is 5.32 Å². The van der Waals surface area contributed by atoms with Crippen LogP contribution in [0.5, 0.6) is 0 Å². The molecule has 1 amide bonds. The van der Waals surface area contributed by atoms with Gasteiger partial charge in [0.25, 0.3) is 0 Å². The summed E-state index contributed by atoms with van der Waals surface area (Å²) in [5.41, 5.74) is 7.01. The van der Waals surface area contributed by atoms with Crippen LogP contribution in [0.2, 0.25) is 0 Å². The van der Waals surface area contributed by atoms with Gasteiger partial charge in [0.2, 0.25) is 5.91 Å². The summed E-state index contributed by atoms with van der Waals surface area (Å²) in [6.07, 6.45) is 3.79. The first kappa shape index (κ1) is 13.1. The van der Waals surface area contributed by atoms with E-state index < -0.39 is 0 Å². The van der Waals surface area contributed by atoms with Gasteiger partial charge in [-0.2, -0.15) is 0 Å². The van der Waals surface area contributed by atoms with Gasteiger partial charge < -0.3 is 11.1 Å². The third-order valence-corrected chi connectivity index (χ3v) is 3.80. The Labute approximate surface area is 109 Å². The Kier molecular flexibility index (Phi) is 4.37. The third-order valence-electron chi connectivity index (χ3n) is 3.80. The van der Waals surface area contributed by atoms with E-state index in [1.165, 1.54) is 0 Å². The van der Waals surface area contributed by atoms with Crippen LogP contribution < -0.4 is 11.1 Å². The summed E-state index contributed by atoms with van der Waals surface area (Å²) in [5, 5.41) is 3.10. The summed E-state index contributed by atoms with van der Waals surface area (Å²) < 4.78 is 0. The van der Waals surface area contributed by atoms with Gasteiger partial charge in [-0.15, -0.1) is 0 Å². The molecule has 0 spiro atoms. The van der Waals surface area contributed by atoms with E-state index in [1.807, 2.05) is 37.3 Å². The molecule has 1 fully saturated rings. The van der Waals surface area contributed by atoms with E-state index in [-0.39, 0.29) is 17.9 Å². The Hall–Kier alpha value is -1.35. The van der Waals surface area contributed by atoms with E-state index in [9.17, 15) is 4.79 Å². The molecule has 98 valence electrons. The lowest BCUT2D eigenvalue weighted by Gasteiger charge is -2.26. The Morgan fingerprint density at radius 2 is 1.83 bits per heavy atom. The van der Waals surface area contributed by atoms with E-state index in [0.29, 0.717) is 6.04 Å². The van der Waals surface area contributed by atoms with Gasteiger partial charge in [-0.05, 0) is 38.2 Å². The predicted octanol–water partition coefficient (Wildman–Crippen LogP) is 2.38. The van der Waals surface area contributed by atoms with Crippen LogP contribution in [0.25, 0.3) is 0 Å². The zero-order valence-electron chi connectivity index (χ0n) is 10.9. The van der Waals surface area contributed by atoms with Crippen LogP contribution in [-0.2, 0) is 4.79 Å². The number of benzene rings is 1. The summed E-state index contributed by atoms with van der Waals surface area (Å²) in [6.45, 7) is 2.03. The lowest BCUT2D eigenvalue weighted by atomic mass is 9.85. The topological polar surface area (TPSA) is 55.1 Å². The molecule has 0 unspecified atom stereocenters. The van der Waals surface area contributed by atoms with Crippen molar-refractivity contribution in [1.29, 1.82) is 0 Å². The van der Waals surface area contributed by atoms with Crippen LogP contribution in [0.15, 0.2) is 30.3 Å². The minimum atomic E-state index is 0.0781. The summed E-state index contributed by atoms with van der Waals surface area (Å²) in [4.78, 5) is 12.1. The van der Waals surface area contributed by atoms with Gasteiger partial charge in [-0.25, -0.2) is 0 Å². The molecule has 3 heteroatoms. The molecule has 0 heterocycles. The molecule has 1 saturated carbocycles. The quantitative estimate of drug-likeness (QED) is 0.860. The molecule has 0 radical (unpaired) electrons. The number of nitrogens with one attached hydrogen (secondary N) is 1. The van der Waals surface area contributed by atoms with Crippen LogP contribution in [0, 0.1) is 5.92 Å². The Morgan fingerprint density at radius 1 is 1.22 bits per heavy atom. The second-order valence-electron chi connectivity index (χ2n) is 5.25. The fourth-order valence-corrected chi connectivity index (χ4v) is 2.54. The molecule has 1 aliphatic carbocycles. The molecule has 0 aliphatic heterocycles. The smallest absolute Gasteiger partial charge is 0.223 e. The van der Waals surface area contributed by atoms with Gasteiger partial charge in [-0.1, -0.05) is 30.3 Å². The lowest BCUT2D eigenvalue weighted by molar-refractivity contribution is -0.126. The first-order chi connectivity index (χ1) is 8.66. The van der Waals surface area contributed by atoms with Gasteiger partial charge in [0.05, 0.1) is 6.04 Å². The van der Waals surface area contributed by atoms with Crippen molar-refractivity contribution in [3.05, 3.63) is 35.9 Å². The molecular weight excluding hydrogens is 224 g/mol. The highest BCUT2D eigenvalue weighted by Gasteiger charge is 2.25. The zero-order chi connectivity index (χ0) is 13.0. The van der Waals surface area contributed by atoms with Crippen molar-refractivity contribution >= 4 is 5.91 Å². The molecule has 0 aromatic heterocycles. The highest BCUT2D eigenvalue weighted by Crippen LogP contribution is 2.24. The van der Waals surface area contributed by atoms with E-state index >= 15 is 0 Å². The van der Waals surface area contributed by atoms with Gasteiger partial charge in [0.1, 0.15) is 0 Å². The summed E-state index contributed by atoms with van der Waals surface area (Å²) >= 11 is 0. The molecule has 0 saturated heterocycles. The molecule has 1 atom stereocenters. The fourth-order valence-electron chi connectivity index (χ4n) is 2.54. The van der Waals surface area contributed by atoms with Gasteiger partial charge in [0, 0.05) is 12.0 Å². The van der Waals surface area contributed by atoms with Crippen LogP contribution in [0.4, 0.5) is 0 Å². The second-order valence-corrected chi connectivity index (χ2v) is 5.25. The molecule has 1 aromatic rings. The van der Waals surface area contributed by atoms with Crippen LogP contribution in [0.1, 0.15) is 44.2 Å². The lowest BCUT2D eigenvalue weighted by Crippen LogP contribution is -2.37. The number of rotatable bonds is 3. The number of carbonyl (C=O) groups excluding carboxylic acids is 1. The second kappa shape index (κ2) is 6.01. The molecular formula is C15H22N2O. The number of amides is 1. The molecule has 1 aliphatic rings. The molecule has 2 rings (SSSR count). The molecule has 1 aromatic carbocycles.